The van der Waals surface area contributed by atoms with Crippen LogP contribution in [0.15, 0.2) is 30.3 Å². The zero-order valence-corrected chi connectivity index (χ0v) is 8.43. The summed E-state index contributed by atoms with van der Waals surface area (Å²) in [7, 11) is 0. The molecular formula is C9H5Cl2FN2. The van der Waals surface area contributed by atoms with Gasteiger partial charge in [-0.15, -0.1) is 0 Å². The Morgan fingerprint density at radius 3 is 2.50 bits per heavy atom. The van der Waals surface area contributed by atoms with Crippen LogP contribution in [0.3, 0.4) is 0 Å². The Labute approximate surface area is 89.9 Å². The van der Waals surface area contributed by atoms with Crippen LogP contribution in [0.1, 0.15) is 0 Å². The standard InChI is InChI=1S/C9H5Cl2FN2/c10-8-5-9(11)14(13-8)7-4-2-1-3-6(7)12/h1-5H. The molecular weight excluding hydrogens is 226 g/mol. The zero-order chi connectivity index (χ0) is 10.1. The normalized spacial score (nSPS) is 10.5. The lowest BCUT2D eigenvalue weighted by atomic mass is 10.3. The van der Waals surface area contributed by atoms with Crippen molar-refractivity contribution < 1.29 is 4.39 Å². The van der Waals surface area contributed by atoms with E-state index in [1.54, 1.807) is 18.2 Å². The van der Waals surface area contributed by atoms with Gasteiger partial charge in [-0.3, -0.25) is 0 Å². The third-order valence-corrected chi connectivity index (χ3v) is 2.17. The maximum Gasteiger partial charge on any atom is 0.153 e. The van der Waals surface area contributed by atoms with Gasteiger partial charge in [0.2, 0.25) is 0 Å². The van der Waals surface area contributed by atoms with Crippen molar-refractivity contribution in [3.63, 3.8) is 0 Å². The van der Waals surface area contributed by atoms with E-state index in [-0.39, 0.29) is 16.0 Å². The summed E-state index contributed by atoms with van der Waals surface area (Å²) in [5, 5.41) is 4.36. The highest BCUT2D eigenvalue weighted by Gasteiger charge is 2.09. The molecule has 0 saturated heterocycles. The highest BCUT2D eigenvalue weighted by Crippen LogP contribution is 2.21. The molecule has 0 fully saturated rings. The number of benzene rings is 1. The Morgan fingerprint density at radius 1 is 1.21 bits per heavy atom. The van der Waals surface area contributed by atoms with Gasteiger partial charge in [0.15, 0.2) is 5.15 Å². The van der Waals surface area contributed by atoms with Crippen molar-refractivity contribution >= 4 is 23.2 Å². The largest absolute Gasteiger partial charge is 0.218 e. The molecule has 5 heteroatoms. The molecule has 0 aliphatic heterocycles. The molecule has 1 heterocycles. The molecule has 0 atom stereocenters. The SMILES string of the molecule is Fc1ccccc1-n1nc(Cl)cc1Cl. The Bertz CT molecular complexity index is 468. The fraction of sp³-hybridized carbons (Fsp3) is 0. The molecule has 0 unspecified atom stereocenters. The van der Waals surface area contributed by atoms with Gasteiger partial charge in [0.1, 0.15) is 16.7 Å². The lowest BCUT2D eigenvalue weighted by Crippen LogP contribution is -1.99. The van der Waals surface area contributed by atoms with Crippen LogP contribution in [0.4, 0.5) is 4.39 Å². The predicted octanol–water partition coefficient (Wildman–Crippen LogP) is 3.32. The van der Waals surface area contributed by atoms with Crippen molar-refractivity contribution in [2.24, 2.45) is 0 Å². The molecule has 1 aromatic carbocycles. The smallest absolute Gasteiger partial charge is 0.153 e. The van der Waals surface area contributed by atoms with E-state index in [0.717, 1.165) is 0 Å². The number of aromatic nitrogens is 2. The summed E-state index contributed by atoms with van der Waals surface area (Å²) in [5.41, 5.74) is 0.282. The summed E-state index contributed by atoms with van der Waals surface area (Å²) >= 11 is 11.4. The monoisotopic (exact) mass is 230 g/mol. The molecule has 0 aliphatic carbocycles. The molecule has 72 valence electrons. The summed E-state index contributed by atoms with van der Waals surface area (Å²) in [6, 6.07) is 7.66. The second-order valence-electron chi connectivity index (χ2n) is 2.65. The molecule has 0 aliphatic rings. The van der Waals surface area contributed by atoms with Crippen molar-refractivity contribution in [1.29, 1.82) is 0 Å². The third kappa shape index (κ3) is 1.61. The van der Waals surface area contributed by atoms with Crippen LogP contribution in [0, 0.1) is 5.82 Å². The van der Waals surface area contributed by atoms with Crippen LogP contribution in [0.5, 0.6) is 0 Å². The number of para-hydroxylation sites is 1. The summed E-state index contributed by atoms with van der Waals surface area (Å²) in [6.45, 7) is 0. The number of halogens is 3. The summed E-state index contributed by atoms with van der Waals surface area (Å²) in [5.74, 6) is -0.394. The first-order valence-electron chi connectivity index (χ1n) is 3.84. The summed E-state index contributed by atoms with van der Waals surface area (Å²) in [6.07, 6.45) is 0. The Morgan fingerprint density at radius 2 is 1.93 bits per heavy atom. The minimum atomic E-state index is -0.394. The van der Waals surface area contributed by atoms with Gasteiger partial charge in [-0.1, -0.05) is 35.3 Å². The van der Waals surface area contributed by atoms with Gasteiger partial charge in [0.25, 0.3) is 0 Å². The van der Waals surface area contributed by atoms with Crippen LogP contribution < -0.4 is 0 Å². The third-order valence-electron chi connectivity index (χ3n) is 1.72. The second kappa shape index (κ2) is 3.59. The quantitative estimate of drug-likeness (QED) is 0.736. The van der Waals surface area contributed by atoms with E-state index in [1.165, 1.54) is 16.8 Å². The van der Waals surface area contributed by atoms with E-state index in [2.05, 4.69) is 5.10 Å². The van der Waals surface area contributed by atoms with Crippen LogP contribution in [0.2, 0.25) is 10.3 Å². The van der Waals surface area contributed by atoms with Gasteiger partial charge < -0.3 is 0 Å². The maximum absolute atomic E-state index is 13.3. The Hall–Kier alpha value is -1.06. The Balaban J connectivity index is 2.60. The molecule has 0 bridgehead atoms. The summed E-state index contributed by atoms with van der Waals surface area (Å²) < 4.78 is 14.6. The van der Waals surface area contributed by atoms with Gasteiger partial charge in [-0.05, 0) is 12.1 Å². The van der Waals surface area contributed by atoms with Gasteiger partial charge in [0.05, 0.1) is 0 Å². The molecule has 2 rings (SSSR count). The average molecular weight is 231 g/mol. The highest BCUT2D eigenvalue weighted by molar-refractivity contribution is 6.33. The van der Waals surface area contributed by atoms with E-state index < -0.39 is 5.82 Å². The Kier molecular flexibility index (Phi) is 2.44. The van der Waals surface area contributed by atoms with E-state index in [0.29, 0.717) is 0 Å². The van der Waals surface area contributed by atoms with Crippen molar-refractivity contribution in [3.05, 3.63) is 46.5 Å². The molecule has 0 N–H and O–H groups in total. The molecule has 0 radical (unpaired) electrons. The maximum atomic E-state index is 13.3. The van der Waals surface area contributed by atoms with Crippen molar-refractivity contribution in [2.45, 2.75) is 0 Å². The first-order valence-corrected chi connectivity index (χ1v) is 4.60. The molecule has 0 amide bonds. The average Bonchev–Trinajstić information content (AvgIpc) is 2.46. The molecule has 14 heavy (non-hydrogen) atoms. The van der Waals surface area contributed by atoms with Crippen LogP contribution >= 0.6 is 23.2 Å². The molecule has 1 aromatic heterocycles. The minimum Gasteiger partial charge on any atom is -0.218 e. The minimum absolute atomic E-state index is 0.234. The van der Waals surface area contributed by atoms with E-state index in [9.17, 15) is 4.39 Å². The van der Waals surface area contributed by atoms with E-state index >= 15 is 0 Å². The fourth-order valence-corrected chi connectivity index (χ4v) is 1.59. The predicted molar refractivity (Wildman–Crippen MR) is 53.5 cm³/mol. The second-order valence-corrected chi connectivity index (χ2v) is 3.43. The molecule has 0 saturated carbocycles. The van der Waals surface area contributed by atoms with Gasteiger partial charge in [0, 0.05) is 6.07 Å². The molecule has 0 spiro atoms. The van der Waals surface area contributed by atoms with E-state index in [4.69, 9.17) is 23.2 Å². The lowest BCUT2D eigenvalue weighted by Gasteiger charge is -2.02. The van der Waals surface area contributed by atoms with Crippen LogP contribution in [-0.4, -0.2) is 9.78 Å². The van der Waals surface area contributed by atoms with Crippen LogP contribution in [0.25, 0.3) is 5.69 Å². The van der Waals surface area contributed by atoms with Gasteiger partial charge >= 0.3 is 0 Å². The van der Waals surface area contributed by atoms with E-state index in [1.807, 2.05) is 0 Å². The fourth-order valence-electron chi connectivity index (χ4n) is 1.12. The number of hydrogen-bond donors (Lipinski definition) is 0. The number of nitrogens with zero attached hydrogens (tertiary/aromatic N) is 2. The number of rotatable bonds is 1. The van der Waals surface area contributed by atoms with Crippen LogP contribution in [-0.2, 0) is 0 Å². The van der Waals surface area contributed by atoms with Crippen molar-refractivity contribution in [2.75, 3.05) is 0 Å². The first-order chi connectivity index (χ1) is 6.68. The van der Waals surface area contributed by atoms with Gasteiger partial charge in [-0.25, -0.2) is 9.07 Å². The summed E-state index contributed by atoms with van der Waals surface area (Å²) in [4.78, 5) is 0. The topological polar surface area (TPSA) is 17.8 Å². The van der Waals surface area contributed by atoms with Gasteiger partial charge in [-0.2, -0.15) is 5.10 Å². The zero-order valence-electron chi connectivity index (χ0n) is 6.92. The highest BCUT2D eigenvalue weighted by atomic mass is 35.5. The molecule has 2 nitrogen and oxygen atoms in total. The number of hydrogen-bond acceptors (Lipinski definition) is 1. The molecule has 2 aromatic rings. The lowest BCUT2D eigenvalue weighted by molar-refractivity contribution is 0.611. The first kappa shape index (κ1) is 9.49. The van der Waals surface area contributed by atoms with Crippen molar-refractivity contribution in [3.8, 4) is 5.69 Å². The van der Waals surface area contributed by atoms with Crippen molar-refractivity contribution in [1.82, 2.24) is 9.78 Å².